The summed E-state index contributed by atoms with van der Waals surface area (Å²) in [5, 5.41) is 12.9. The van der Waals surface area contributed by atoms with Gasteiger partial charge in [0.1, 0.15) is 11.6 Å². The van der Waals surface area contributed by atoms with E-state index in [0.717, 1.165) is 0 Å². The van der Waals surface area contributed by atoms with Gasteiger partial charge in [-0.05, 0) is 38.5 Å². The molecule has 1 unspecified atom stereocenters. The Balaban J connectivity index is 2.47. The van der Waals surface area contributed by atoms with E-state index >= 15 is 0 Å². The Morgan fingerprint density at radius 2 is 2.00 bits per heavy atom. The molecule has 2 N–H and O–H groups in total. The highest BCUT2D eigenvalue weighted by Gasteiger charge is 2.29. The monoisotopic (exact) mass is 357 g/mol. The van der Waals surface area contributed by atoms with Crippen molar-refractivity contribution in [1.82, 2.24) is 0 Å². The standard InChI is InChI=1S/C16H17Cl2NO4/c1-16(2,3)23-13(20)5-8-4-12(15(21)22)19-11-7-9(17)6-10(18)14(8)11/h5-7,12,19H,4H2,1-3H3,(H,21,22)/b8-5+. The molecule has 0 radical (unpaired) electrons. The fourth-order valence-corrected chi connectivity index (χ4v) is 2.94. The van der Waals surface area contributed by atoms with Crippen LogP contribution in [0.2, 0.25) is 10.0 Å². The summed E-state index contributed by atoms with van der Waals surface area (Å²) < 4.78 is 5.26. The van der Waals surface area contributed by atoms with Crippen LogP contribution in [-0.4, -0.2) is 28.7 Å². The largest absolute Gasteiger partial charge is 0.480 e. The number of carbonyl (C=O) groups is 2. The SMILES string of the molecule is CC(C)(C)OC(=O)/C=C1\CC(C(=O)O)Nc2cc(Cl)cc(Cl)c21. The van der Waals surface area contributed by atoms with Crippen LogP contribution in [0.1, 0.15) is 32.8 Å². The lowest BCUT2D eigenvalue weighted by Gasteiger charge is -2.27. The zero-order chi connectivity index (χ0) is 17.4. The Labute approximate surface area is 144 Å². The number of carboxylic acid groups (broad SMARTS) is 1. The van der Waals surface area contributed by atoms with Crippen molar-refractivity contribution in [1.29, 1.82) is 0 Å². The Bertz CT molecular complexity index is 692. The van der Waals surface area contributed by atoms with E-state index in [1.54, 1.807) is 32.9 Å². The minimum atomic E-state index is -1.03. The quantitative estimate of drug-likeness (QED) is 0.618. The van der Waals surface area contributed by atoms with Crippen molar-refractivity contribution < 1.29 is 19.4 Å². The van der Waals surface area contributed by atoms with E-state index in [-0.39, 0.29) is 6.42 Å². The molecule has 0 saturated carbocycles. The third kappa shape index (κ3) is 4.39. The lowest BCUT2D eigenvalue weighted by Crippen LogP contribution is -2.33. The number of rotatable bonds is 2. The first-order valence-corrected chi connectivity index (χ1v) is 7.75. The van der Waals surface area contributed by atoms with Gasteiger partial charge in [0.15, 0.2) is 0 Å². The van der Waals surface area contributed by atoms with Crippen LogP contribution in [0.25, 0.3) is 5.57 Å². The zero-order valence-corrected chi connectivity index (χ0v) is 14.5. The van der Waals surface area contributed by atoms with Crippen LogP contribution in [0.5, 0.6) is 0 Å². The third-order valence-corrected chi connectivity index (χ3v) is 3.64. The molecule has 0 fully saturated rings. The maximum atomic E-state index is 12.1. The second-order valence-corrected chi connectivity index (χ2v) is 7.10. The van der Waals surface area contributed by atoms with Gasteiger partial charge in [0.25, 0.3) is 0 Å². The Morgan fingerprint density at radius 1 is 1.35 bits per heavy atom. The van der Waals surface area contributed by atoms with Crippen molar-refractivity contribution in [2.24, 2.45) is 0 Å². The van der Waals surface area contributed by atoms with E-state index in [1.165, 1.54) is 6.08 Å². The second-order valence-electron chi connectivity index (χ2n) is 6.25. The summed E-state index contributed by atoms with van der Waals surface area (Å²) in [6.07, 6.45) is 1.41. The van der Waals surface area contributed by atoms with Gasteiger partial charge in [-0.3, -0.25) is 0 Å². The van der Waals surface area contributed by atoms with Gasteiger partial charge >= 0.3 is 11.9 Å². The van der Waals surface area contributed by atoms with E-state index < -0.39 is 23.6 Å². The molecule has 1 atom stereocenters. The Morgan fingerprint density at radius 3 is 2.57 bits per heavy atom. The van der Waals surface area contributed by atoms with E-state index in [1.807, 2.05) is 0 Å². The van der Waals surface area contributed by atoms with E-state index in [0.29, 0.717) is 26.9 Å². The van der Waals surface area contributed by atoms with Gasteiger partial charge in [0.05, 0.1) is 5.02 Å². The fourth-order valence-electron chi connectivity index (χ4n) is 2.33. The molecule has 2 rings (SSSR count). The first-order chi connectivity index (χ1) is 10.6. The summed E-state index contributed by atoms with van der Waals surface area (Å²) in [5.41, 5.74) is 0.914. The molecule has 0 amide bonds. The summed E-state index contributed by atoms with van der Waals surface area (Å²) >= 11 is 12.2. The van der Waals surface area contributed by atoms with Gasteiger partial charge in [0.2, 0.25) is 0 Å². The van der Waals surface area contributed by atoms with Crippen molar-refractivity contribution in [2.75, 3.05) is 5.32 Å². The number of carbonyl (C=O) groups excluding carboxylic acids is 1. The van der Waals surface area contributed by atoms with Gasteiger partial charge in [0, 0.05) is 28.8 Å². The van der Waals surface area contributed by atoms with Crippen molar-refractivity contribution >= 4 is 46.4 Å². The number of esters is 1. The molecule has 5 nitrogen and oxygen atoms in total. The van der Waals surface area contributed by atoms with E-state index in [2.05, 4.69) is 5.32 Å². The lowest BCUT2D eigenvalue weighted by molar-refractivity contribution is -0.148. The van der Waals surface area contributed by atoms with Crippen LogP contribution in [0.3, 0.4) is 0 Å². The molecule has 0 aromatic heterocycles. The Hall–Kier alpha value is -1.72. The smallest absolute Gasteiger partial charge is 0.331 e. The number of nitrogens with one attached hydrogen (secondary N) is 1. The minimum absolute atomic E-state index is 0.114. The van der Waals surface area contributed by atoms with Crippen LogP contribution in [-0.2, 0) is 14.3 Å². The Kier molecular flexibility index (Phi) is 4.92. The molecule has 0 bridgehead atoms. The average molecular weight is 358 g/mol. The molecule has 0 saturated heterocycles. The van der Waals surface area contributed by atoms with Crippen molar-refractivity contribution in [2.45, 2.75) is 38.8 Å². The molecule has 0 spiro atoms. The molecular weight excluding hydrogens is 341 g/mol. The number of ether oxygens (including phenoxy) is 1. The van der Waals surface area contributed by atoms with Gasteiger partial charge in [-0.2, -0.15) is 0 Å². The third-order valence-electron chi connectivity index (χ3n) is 3.13. The molecule has 124 valence electrons. The summed E-state index contributed by atoms with van der Waals surface area (Å²) in [5.74, 6) is -1.57. The van der Waals surface area contributed by atoms with Gasteiger partial charge < -0.3 is 15.2 Å². The number of aliphatic carboxylic acids is 1. The highest BCUT2D eigenvalue weighted by atomic mass is 35.5. The molecule has 1 heterocycles. The minimum Gasteiger partial charge on any atom is -0.480 e. The first kappa shape index (κ1) is 17.6. The van der Waals surface area contributed by atoms with Crippen molar-refractivity contribution in [3.05, 3.63) is 33.8 Å². The van der Waals surface area contributed by atoms with Crippen LogP contribution < -0.4 is 5.32 Å². The number of halogens is 2. The van der Waals surface area contributed by atoms with Gasteiger partial charge in [-0.25, -0.2) is 9.59 Å². The maximum Gasteiger partial charge on any atom is 0.331 e. The van der Waals surface area contributed by atoms with E-state index in [9.17, 15) is 14.7 Å². The highest BCUT2D eigenvalue weighted by molar-refractivity contribution is 6.36. The number of anilines is 1. The predicted molar refractivity (Wildman–Crippen MR) is 89.9 cm³/mol. The number of carboxylic acids is 1. The summed E-state index contributed by atoms with van der Waals surface area (Å²) in [4.78, 5) is 23.4. The second kappa shape index (κ2) is 6.42. The maximum absolute atomic E-state index is 12.1. The van der Waals surface area contributed by atoms with Crippen LogP contribution in [0.15, 0.2) is 18.2 Å². The summed E-state index contributed by atoms with van der Waals surface area (Å²) in [7, 11) is 0. The molecule has 1 aromatic rings. The topological polar surface area (TPSA) is 75.6 Å². The van der Waals surface area contributed by atoms with Crippen LogP contribution in [0.4, 0.5) is 5.69 Å². The summed E-state index contributed by atoms with van der Waals surface area (Å²) in [6.45, 7) is 5.27. The molecule has 7 heteroatoms. The van der Waals surface area contributed by atoms with Gasteiger partial charge in [-0.1, -0.05) is 23.2 Å². The van der Waals surface area contributed by atoms with E-state index in [4.69, 9.17) is 27.9 Å². The summed E-state index contributed by atoms with van der Waals surface area (Å²) in [6, 6.07) is 2.26. The number of hydrogen-bond acceptors (Lipinski definition) is 4. The highest BCUT2D eigenvalue weighted by Crippen LogP contribution is 2.40. The average Bonchev–Trinajstić information content (AvgIpc) is 2.34. The molecular formula is C16H17Cl2NO4. The number of benzene rings is 1. The number of hydrogen-bond donors (Lipinski definition) is 2. The normalized spacial score (nSPS) is 19.0. The fraction of sp³-hybridized carbons (Fsp3) is 0.375. The van der Waals surface area contributed by atoms with Crippen LogP contribution >= 0.6 is 23.2 Å². The molecule has 23 heavy (non-hydrogen) atoms. The molecule has 1 aliphatic rings. The molecule has 0 aliphatic carbocycles. The molecule has 1 aliphatic heterocycles. The van der Waals surface area contributed by atoms with Gasteiger partial charge in [-0.15, -0.1) is 0 Å². The predicted octanol–water partition coefficient (Wildman–Crippen LogP) is 3.99. The first-order valence-electron chi connectivity index (χ1n) is 6.99. The van der Waals surface area contributed by atoms with Crippen molar-refractivity contribution in [3.63, 3.8) is 0 Å². The van der Waals surface area contributed by atoms with Crippen molar-refractivity contribution in [3.8, 4) is 0 Å². The lowest BCUT2D eigenvalue weighted by atomic mass is 9.92. The number of fused-ring (bicyclic) bond motifs is 1. The zero-order valence-electron chi connectivity index (χ0n) is 12.9. The van der Waals surface area contributed by atoms with Crippen LogP contribution in [0, 0.1) is 0 Å². The molecule has 1 aromatic carbocycles.